The molecule has 1 heterocycles. The molecule has 0 saturated carbocycles. The normalized spacial score (nSPS) is 18.8. The van der Waals surface area contributed by atoms with E-state index in [1.54, 1.807) is 7.05 Å². The SMILES string of the molecule is CN=C(NCc1ccc(C)cc1OC(C)C)NC1CCN(CC(F)(F)F)C1. The number of aryl methyl sites for hydroxylation is 1. The zero-order valence-electron chi connectivity index (χ0n) is 16.4. The molecule has 0 aromatic heterocycles. The predicted molar refractivity (Wildman–Crippen MR) is 101 cm³/mol. The van der Waals surface area contributed by atoms with Crippen LogP contribution in [-0.2, 0) is 6.54 Å². The summed E-state index contributed by atoms with van der Waals surface area (Å²) in [5.41, 5.74) is 2.12. The van der Waals surface area contributed by atoms with Crippen molar-refractivity contribution >= 4 is 5.96 Å². The van der Waals surface area contributed by atoms with E-state index in [4.69, 9.17) is 4.74 Å². The fraction of sp³-hybridized carbons (Fsp3) is 0.632. The van der Waals surface area contributed by atoms with Crippen molar-refractivity contribution < 1.29 is 17.9 Å². The van der Waals surface area contributed by atoms with Gasteiger partial charge in [0.05, 0.1) is 12.6 Å². The summed E-state index contributed by atoms with van der Waals surface area (Å²) >= 11 is 0. The molecule has 1 aromatic rings. The van der Waals surface area contributed by atoms with E-state index in [2.05, 4.69) is 15.6 Å². The first-order valence-electron chi connectivity index (χ1n) is 9.18. The third kappa shape index (κ3) is 7.28. The molecular formula is C19H29F3N4O. The summed E-state index contributed by atoms with van der Waals surface area (Å²) in [5.74, 6) is 1.40. The fourth-order valence-corrected chi connectivity index (χ4v) is 3.09. The molecule has 0 spiro atoms. The van der Waals surface area contributed by atoms with Gasteiger partial charge in [0.1, 0.15) is 5.75 Å². The van der Waals surface area contributed by atoms with Gasteiger partial charge in [-0.2, -0.15) is 13.2 Å². The predicted octanol–water partition coefficient (Wildman–Crippen LogP) is 3.08. The van der Waals surface area contributed by atoms with Gasteiger partial charge in [-0.15, -0.1) is 0 Å². The molecule has 5 nitrogen and oxygen atoms in total. The van der Waals surface area contributed by atoms with Crippen molar-refractivity contribution in [1.82, 2.24) is 15.5 Å². The molecule has 2 rings (SSSR count). The molecule has 2 N–H and O–H groups in total. The number of guanidine groups is 1. The molecule has 0 radical (unpaired) electrons. The first kappa shape index (κ1) is 21.3. The lowest BCUT2D eigenvalue weighted by atomic mass is 10.1. The van der Waals surface area contributed by atoms with Crippen LogP contribution in [0.4, 0.5) is 13.2 Å². The maximum absolute atomic E-state index is 12.5. The van der Waals surface area contributed by atoms with Crippen molar-refractivity contribution in [1.29, 1.82) is 0 Å². The number of ether oxygens (including phenoxy) is 1. The minimum Gasteiger partial charge on any atom is -0.491 e. The zero-order chi connectivity index (χ0) is 20.0. The van der Waals surface area contributed by atoms with Gasteiger partial charge in [-0.05, 0) is 38.8 Å². The second-order valence-electron chi connectivity index (χ2n) is 7.18. The van der Waals surface area contributed by atoms with E-state index in [9.17, 15) is 13.2 Å². The van der Waals surface area contributed by atoms with E-state index >= 15 is 0 Å². The van der Waals surface area contributed by atoms with Crippen LogP contribution in [-0.4, -0.2) is 55.9 Å². The fourth-order valence-electron chi connectivity index (χ4n) is 3.09. The van der Waals surface area contributed by atoms with Gasteiger partial charge < -0.3 is 15.4 Å². The largest absolute Gasteiger partial charge is 0.491 e. The van der Waals surface area contributed by atoms with Crippen molar-refractivity contribution in [3.05, 3.63) is 29.3 Å². The van der Waals surface area contributed by atoms with Crippen LogP contribution >= 0.6 is 0 Å². The Hall–Kier alpha value is -1.96. The Labute approximate surface area is 159 Å². The monoisotopic (exact) mass is 386 g/mol. The van der Waals surface area contributed by atoms with Crippen molar-refractivity contribution in [2.24, 2.45) is 4.99 Å². The van der Waals surface area contributed by atoms with E-state index in [1.807, 2.05) is 39.0 Å². The summed E-state index contributed by atoms with van der Waals surface area (Å²) in [6.45, 7) is 6.40. The van der Waals surface area contributed by atoms with Crippen LogP contribution in [0.3, 0.4) is 0 Å². The Morgan fingerprint density at radius 3 is 2.74 bits per heavy atom. The van der Waals surface area contributed by atoms with Gasteiger partial charge in [-0.1, -0.05) is 12.1 Å². The number of nitrogens with one attached hydrogen (secondary N) is 2. The molecule has 1 aromatic carbocycles. The smallest absolute Gasteiger partial charge is 0.401 e. The highest BCUT2D eigenvalue weighted by molar-refractivity contribution is 5.80. The number of hydrogen-bond donors (Lipinski definition) is 2. The molecule has 1 aliphatic heterocycles. The molecule has 0 bridgehead atoms. The summed E-state index contributed by atoms with van der Waals surface area (Å²) in [5, 5.41) is 6.44. The van der Waals surface area contributed by atoms with Gasteiger partial charge in [0.15, 0.2) is 5.96 Å². The van der Waals surface area contributed by atoms with Crippen LogP contribution < -0.4 is 15.4 Å². The number of aliphatic imine (C=N–C) groups is 1. The number of nitrogens with zero attached hydrogens (tertiary/aromatic N) is 2. The van der Waals surface area contributed by atoms with Crippen LogP contribution in [0.1, 0.15) is 31.4 Å². The van der Waals surface area contributed by atoms with E-state index in [0.717, 1.165) is 16.9 Å². The summed E-state index contributed by atoms with van der Waals surface area (Å²) in [4.78, 5) is 5.60. The van der Waals surface area contributed by atoms with Gasteiger partial charge in [0, 0.05) is 38.3 Å². The third-order valence-electron chi connectivity index (χ3n) is 4.27. The maximum Gasteiger partial charge on any atom is 0.401 e. The summed E-state index contributed by atoms with van der Waals surface area (Å²) in [7, 11) is 1.65. The third-order valence-corrected chi connectivity index (χ3v) is 4.27. The molecule has 1 saturated heterocycles. The van der Waals surface area contributed by atoms with Crippen molar-refractivity contribution in [2.75, 3.05) is 26.7 Å². The Kier molecular flexibility index (Phi) is 7.35. The van der Waals surface area contributed by atoms with Crippen molar-refractivity contribution in [3.63, 3.8) is 0 Å². The lowest BCUT2D eigenvalue weighted by Crippen LogP contribution is -2.45. The topological polar surface area (TPSA) is 48.9 Å². The van der Waals surface area contributed by atoms with Gasteiger partial charge in [0.25, 0.3) is 0 Å². The molecule has 0 amide bonds. The molecule has 8 heteroatoms. The van der Waals surface area contributed by atoms with E-state index < -0.39 is 12.7 Å². The lowest BCUT2D eigenvalue weighted by molar-refractivity contribution is -0.143. The zero-order valence-corrected chi connectivity index (χ0v) is 16.4. The number of alkyl halides is 3. The van der Waals surface area contributed by atoms with Gasteiger partial charge >= 0.3 is 6.18 Å². The van der Waals surface area contributed by atoms with Crippen LogP contribution in [0, 0.1) is 6.92 Å². The molecule has 152 valence electrons. The summed E-state index contributed by atoms with van der Waals surface area (Å²) < 4.78 is 43.4. The molecule has 1 unspecified atom stereocenters. The number of likely N-dealkylation sites (tertiary alicyclic amines) is 1. The second kappa shape index (κ2) is 9.30. The number of benzene rings is 1. The van der Waals surface area contributed by atoms with E-state index in [0.29, 0.717) is 32.0 Å². The molecule has 1 aliphatic rings. The summed E-state index contributed by atoms with van der Waals surface area (Å²) in [6, 6.07) is 5.97. The standard InChI is InChI=1S/C19H29F3N4O/c1-13(2)27-17-9-14(3)5-6-15(17)10-24-18(23-4)25-16-7-8-26(11-16)12-19(20,21)22/h5-6,9,13,16H,7-8,10-12H2,1-4H3,(H2,23,24,25). The molecule has 0 aliphatic carbocycles. The van der Waals surface area contributed by atoms with Crippen LogP contribution in [0.2, 0.25) is 0 Å². The average molecular weight is 386 g/mol. The lowest BCUT2D eigenvalue weighted by Gasteiger charge is -2.20. The highest BCUT2D eigenvalue weighted by Gasteiger charge is 2.34. The van der Waals surface area contributed by atoms with Gasteiger partial charge in [-0.3, -0.25) is 9.89 Å². The minimum absolute atomic E-state index is 0.0528. The average Bonchev–Trinajstić information content (AvgIpc) is 2.97. The van der Waals surface area contributed by atoms with E-state index in [-0.39, 0.29) is 12.1 Å². The maximum atomic E-state index is 12.5. The number of halogens is 3. The molecular weight excluding hydrogens is 357 g/mol. The number of hydrogen-bond acceptors (Lipinski definition) is 3. The minimum atomic E-state index is -4.16. The Morgan fingerprint density at radius 1 is 1.37 bits per heavy atom. The molecule has 1 fully saturated rings. The first-order chi connectivity index (χ1) is 12.7. The van der Waals surface area contributed by atoms with Crippen molar-refractivity contribution in [3.8, 4) is 5.75 Å². The first-order valence-corrected chi connectivity index (χ1v) is 9.18. The highest BCUT2D eigenvalue weighted by atomic mass is 19.4. The van der Waals surface area contributed by atoms with Crippen LogP contribution in [0.15, 0.2) is 23.2 Å². The Bertz CT molecular complexity index is 646. The van der Waals surface area contributed by atoms with Crippen LogP contribution in [0.25, 0.3) is 0 Å². The Morgan fingerprint density at radius 2 is 2.11 bits per heavy atom. The highest BCUT2D eigenvalue weighted by Crippen LogP contribution is 2.22. The van der Waals surface area contributed by atoms with Crippen molar-refractivity contribution in [2.45, 2.75) is 52.1 Å². The Balaban J connectivity index is 1.90. The summed E-state index contributed by atoms with van der Waals surface area (Å²) in [6.07, 6.45) is -3.43. The number of rotatable bonds is 6. The van der Waals surface area contributed by atoms with E-state index in [1.165, 1.54) is 4.90 Å². The van der Waals surface area contributed by atoms with Gasteiger partial charge in [-0.25, -0.2) is 0 Å². The quantitative estimate of drug-likeness (QED) is 0.583. The second-order valence-corrected chi connectivity index (χ2v) is 7.18. The molecule has 1 atom stereocenters. The van der Waals surface area contributed by atoms with Gasteiger partial charge in [0.2, 0.25) is 0 Å². The van der Waals surface area contributed by atoms with Crippen LogP contribution in [0.5, 0.6) is 5.75 Å². The molecule has 27 heavy (non-hydrogen) atoms.